The van der Waals surface area contributed by atoms with Gasteiger partial charge in [0.1, 0.15) is 11.9 Å². The smallest absolute Gasteiger partial charge is 0.138 e. The molecule has 2 aromatic rings. The fourth-order valence-corrected chi connectivity index (χ4v) is 2.35. The fraction of sp³-hybridized carbons (Fsp3) is 0.333. The van der Waals surface area contributed by atoms with Crippen molar-refractivity contribution in [2.75, 3.05) is 0 Å². The van der Waals surface area contributed by atoms with E-state index in [-0.39, 0.29) is 12.1 Å². The first kappa shape index (κ1) is 15.9. The number of halogens is 1. The van der Waals surface area contributed by atoms with Crippen molar-refractivity contribution in [2.45, 2.75) is 38.8 Å². The van der Waals surface area contributed by atoms with Crippen molar-refractivity contribution in [1.29, 1.82) is 0 Å². The maximum Gasteiger partial charge on any atom is 0.138 e. The summed E-state index contributed by atoms with van der Waals surface area (Å²) in [5.74, 6) is 1.32. The summed E-state index contributed by atoms with van der Waals surface area (Å²) in [7, 11) is 0. The Morgan fingerprint density at radius 2 is 1.62 bits per heavy atom. The molecule has 0 radical (unpaired) electrons. The Labute approximate surface area is 131 Å². The zero-order valence-corrected chi connectivity index (χ0v) is 13.5. The van der Waals surface area contributed by atoms with E-state index in [1.54, 1.807) is 0 Å². The molecular weight excluding hydrogens is 282 g/mol. The van der Waals surface area contributed by atoms with E-state index in [2.05, 4.69) is 26.0 Å². The van der Waals surface area contributed by atoms with Gasteiger partial charge in [0, 0.05) is 11.1 Å². The third-order valence-electron chi connectivity index (χ3n) is 3.46. The van der Waals surface area contributed by atoms with Crippen LogP contribution in [0, 0.1) is 0 Å². The monoisotopic (exact) mass is 303 g/mol. The van der Waals surface area contributed by atoms with Crippen molar-refractivity contribution in [3.63, 3.8) is 0 Å². The molecule has 0 amide bonds. The molecule has 2 atom stereocenters. The molecule has 2 unspecified atom stereocenters. The number of hydrogen-bond donors (Lipinski definition) is 1. The molecule has 2 N–H and O–H groups in total. The Morgan fingerprint density at radius 3 is 2.19 bits per heavy atom. The SMILES string of the molecule is CC(C)c1cccc(OC(c2ccc(Cl)cc2)C(C)N)c1. The van der Waals surface area contributed by atoms with Gasteiger partial charge in [-0.25, -0.2) is 0 Å². The van der Waals surface area contributed by atoms with Gasteiger partial charge < -0.3 is 10.5 Å². The first-order chi connectivity index (χ1) is 9.97. The van der Waals surface area contributed by atoms with Gasteiger partial charge in [0.2, 0.25) is 0 Å². The summed E-state index contributed by atoms with van der Waals surface area (Å²) >= 11 is 5.94. The molecule has 2 aromatic carbocycles. The number of hydrogen-bond acceptors (Lipinski definition) is 2. The zero-order chi connectivity index (χ0) is 15.4. The van der Waals surface area contributed by atoms with Crippen LogP contribution in [-0.4, -0.2) is 6.04 Å². The third-order valence-corrected chi connectivity index (χ3v) is 3.72. The number of nitrogens with two attached hydrogens (primary N) is 1. The molecule has 2 nitrogen and oxygen atoms in total. The fourth-order valence-electron chi connectivity index (χ4n) is 2.22. The molecule has 0 aliphatic carbocycles. The molecule has 0 spiro atoms. The summed E-state index contributed by atoms with van der Waals surface area (Å²) in [6.07, 6.45) is -0.190. The zero-order valence-electron chi connectivity index (χ0n) is 12.7. The van der Waals surface area contributed by atoms with E-state index < -0.39 is 0 Å². The summed E-state index contributed by atoms with van der Waals surface area (Å²) in [5.41, 5.74) is 8.38. The lowest BCUT2D eigenvalue weighted by molar-refractivity contribution is 0.180. The van der Waals surface area contributed by atoms with Crippen LogP contribution in [-0.2, 0) is 0 Å². The summed E-state index contributed by atoms with van der Waals surface area (Å²) < 4.78 is 6.12. The van der Waals surface area contributed by atoms with Crippen molar-refractivity contribution < 1.29 is 4.74 Å². The lowest BCUT2D eigenvalue weighted by Gasteiger charge is -2.23. The van der Waals surface area contributed by atoms with Crippen molar-refractivity contribution in [3.8, 4) is 5.75 Å². The van der Waals surface area contributed by atoms with Crippen LogP contribution in [0.1, 0.15) is 43.9 Å². The Balaban J connectivity index is 2.24. The predicted molar refractivity (Wildman–Crippen MR) is 89.0 cm³/mol. The van der Waals surface area contributed by atoms with E-state index >= 15 is 0 Å². The number of rotatable bonds is 5. The van der Waals surface area contributed by atoms with Gasteiger partial charge >= 0.3 is 0 Å². The Morgan fingerprint density at radius 1 is 0.952 bits per heavy atom. The first-order valence-corrected chi connectivity index (χ1v) is 7.63. The van der Waals surface area contributed by atoms with Crippen LogP contribution in [0.5, 0.6) is 5.75 Å². The molecule has 0 saturated carbocycles. The maximum atomic E-state index is 6.12. The van der Waals surface area contributed by atoms with Crippen LogP contribution in [0.15, 0.2) is 48.5 Å². The molecule has 0 aliphatic heterocycles. The molecule has 0 aliphatic rings. The second-order valence-corrected chi connectivity index (χ2v) is 6.11. The molecular formula is C18H22ClNO. The summed E-state index contributed by atoms with van der Waals surface area (Å²) in [6.45, 7) is 6.29. The second kappa shape index (κ2) is 6.97. The van der Waals surface area contributed by atoms with Crippen molar-refractivity contribution >= 4 is 11.6 Å². The maximum absolute atomic E-state index is 6.12. The summed E-state index contributed by atoms with van der Waals surface area (Å²) in [6, 6.07) is 15.7. The highest BCUT2D eigenvalue weighted by Crippen LogP contribution is 2.27. The van der Waals surface area contributed by atoms with E-state index in [4.69, 9.17) is 22.1 Å². The van der Waals surface area contributed by atoms with E-state index in [0.717, 1.165) is 11.3 Å². The summed E-state index contributed by atoms with van der Waals surface area (Å²) in [5, 5.41) is 0.712. The van der Waals surface area contributed by atoms with Crippen LogP contribution in [0.3, 0.4) is 0 Å². The van der Waals surface area contributed by atoms with Gasteiger partial charge in [-0.15, -0.1) is 0 Å². The molecule has 0 saturated heterocycles. The largest absolute Gasteiger partial charge is 0.484 e. The Kier molecular flexibility index (Phi) is 5.27. The van der Waals surface area contributed by atoms with Gasteiger partial charge in [-0.3, -0.25) is 0 Å². The Bertz CT molecular complexity index is 578. The van der Waals surface area contributed by atoms with Crippen LogP contribution in [0.25, 0.3) is 0 Å². The predicted octanol–water partition coefficient (Wildman–Crippen LogP) is 4.93. The molecule has 0 bridgehead atoms. The standard InChI is InChI=1S/C18H22ClNO/c1-12(2)15-5-4-6-17(11-15)21-18(13(3)20)14-7-9-16(19)10-8-14/h4-13,18H,20H2,1-3H3. The van der Waals surface area contributed by atoms with Crippen molar-refractivity contribution in [2.24, 2.45) is 5.73 Å². The van der Waals surface area contributed by atoms with Crippen LogP contribution in [0.2, 0.25) is 5.02 Å². The first-order valence-electron chi connectivity index (χ1n) is 7.25. The Hall–Kier alpha value is -1.51. The van der Waals surface area contributed by atoms with Crippen molar-refractivity contribution in [3.05, 3.63) is 64.7 Å². The highest BCUT2D eigenvalue weighted by Gasteiger charge is 2.18. The molecule has 0 fully saturated rings. The second-order valence-electron chi connectivity index (χ2n) is 5.68. The van der Waals surface area contributed by atoms with Crippen LogP contribution in [0.4, 0.5) is 0 Å². The molecule has 2 rings (SSSR count). The van der Waals surface area contributed by atoms with Crippen molar-refractivity contribution in [1.82, 2.24) is 0 Å². The van der Waals surface area contributed by atoms with E-state index in [1.807, 2.05) is 43.3 Å². The highest BCUT2D eigenvalue weighted by molar-refractivity contribution is 6.30. The van der Waals surface area contributed by atoms with Gasteiger partial charge in [-0.2, -0.15) is 0 Å². The van der Waals surface area contributed by atoms with Gasteiger partial charge in [0.15, 0.2) is 0 Å². The lowest BCUT2D eigenvalue weighted by atomic mass is 10.0. The van der Waals surface area contributed by atoms with Gasteiger partial charge in [-0.05, 0) is 48.2 Å². The lowest BCUT2D eigenvalue weighted by Crippen LogP contribution is -2.29. The van der Waals surface area contributed by atoms with E-state index in [9.17, 15) is 0 Å². The normalized spacial score (nSPS) is 14.0. The minimum Gasteiger partial charge on any atom is -0.484 e. The minimum absolute atomic E-state index is 0.117. The molecule has 0 heterocycles. The van der Waals surface area contributed by atoms with Crippen LogP contribution >= 0.6 is 11.6 Å². The average Bonchev–Trinajstić information content (AvgIpc) is 2.46. The topological polar surface area (TPSA) is 35.2 Å². The molecule has 21 heavy (non-hydrogen) atoms. The van der Waals surface area contributed by atoms with Crippen LogP contribution < -0.4 is 10.5 Å². The van der Waals surface area contributed by atoms with Gasteiger partial charge in [0.05, 0.1) is 0 Å². The minimum atomic E-state index is -0.190. The average molecular weight is 304 g/mol. The van der Waals surface area contributed by atoms with E-state index in [1.165, 1.54) is 5.56 Å². The van der Waals surface area contributed by atoms with E-state index in [0.29, 0.717) is 10.9 Å². The number of benzene rings is 2. The molecule has 0 aromatic heterocycles. The van der Waals surface area contributed by atoms with Gasteiger partial charge in [-0.1, -0.05) is 49.7 Å². The third kappa shape index (κ3) is 4.23. The highest BCUT2D eigenvalue weighted by atomic mass is 35.5. The van der Waals surface area contributed by atoms with Gasteiger partial charge in [0.25, 0.3) is 0 Å². The quantitative estimate of drug-likeness (QED) is 0.850. The molecule has 3 heteroatoms. The summed E-state index contributed by atoms with van der Waals surface area (Å²) in [4.78, 5) is 0. The molecule has 112 valence electrons. The number of ether oxygens (including phenoxy) is 1.